The van der Waals surface area contributed by atoms with Gasteiger partial charge in [0.05, 0.1) is 11.7 Å². The van der Waals surface area contributed by atoms with Crippen LogP contribution in [0.15, 0.2) is 23.7 Å². The summed E-state index contributed by atoms with van der Waals surface area (Å²) in [5, 5.41) is 5.75. The fraction of sp³-hybridized carbons (Fsp3) is 0.143. The van der Waals surface area contributed by atoms with Gasteiger partial charge in [0.1, 0.15) is 0 Å². The van der Waals surface area contributed by atoms with Gasteiger partial charge in [-0.2, -0.15) is 0 Å². The molecule has 0 aliphatic rings. The molecule has 0 bridgehead atoms. The van der Waals surface area contributed by atoms with Crippen LogP contribution < -0.4 is 5.73 Å². The van der Waals surface area contributed by atoms with Crippen molar-refractivity contribution in [1.82, 2.24) is 14.6 Å². The van der Waals surface area contributed by atoms with Crippen molar-refractivity contribution >= 4 is 11.5 Å². The molecule has 2 aromatic rings. The minimum atomic E-state index is -0.182. The molecule has 0 aromatic carbocycles. The molecule has 4 nitrogen and oxygen atoms in total. The van der Waals surface area contributed by atoms with E-state index in [1.807, 2.05) is 23.7 Å². The molecule has 0 aliphatic carbocycles. The lowest BCUT2D eigenvalue weighted by Gasteiger charge is -2.03. The zero-order valence-electron chi connectivity index (χ0n) is 6.27. The van der Waals surface area contributed by atoms with Crippen molar-refractivity contribution in [3.8, 4) is 0 Å². The summed E-state index contributed by atoms with van der Waals surface area (Å²) in [6.07, 6.45) is 1.84. The van der Waals surface area contributed by atoms with Gasteiger partial charge < -0.3 is 10.7 Å². The van der Waals surface area contributed by atoms with Gasteiger partial charge in [0, 0.05) is 17.3 Å². The molecule has 0 radical (unpaired) electrons. The van der Waals surface area contributed by atoms with E-state index in [1.54, 1.807) is 0 Å². The van der Waals surface area contributed by atoms with Crippen LogP contribution in [0.5, 0.6) is 0 Å². The van der Waals surface area contributed by atoms with Crippen molar-refractivity contribution in [3.05, 3.63) is 35.1 Å². The van der Waals surface area contributed by atoms with Crippen LogP contribution in [0.25, 0.3) is 0 Å². The standard InChI is InChI=1S/C7H8N4S/c8-7(5-2-1-3-9-5)6-4-12-11-10-6/h1-4,7,9H,8H2. The third-order valence-corrected chi connectivity index (χ3v) is 2.18. The van der Waals surface area contributed by atoms with E-state index in [-0.39, 0.29) is 6.04 Å². The highest BCUT2D eigenvalue weighted by atomic mass is 32.1. The number of aromatic amines is 1. The van der Waals surface area contributed by atoms with E-state index in [9.17, 15) is 0 Å². The van der Waals surface area contributed by atoms with E-state index in [2.05, 4.69) is 14.6 Å². The molecule has 0 saturated heterocycles. The van der Waals surface area contributed by atoms with Crippen LogP contribution in [0.1, 0.15) is 17.4 Å². The highest BCUT2D eigenvalue weighted by molar-refractivity contribution is 7.03. The topological polar surface area (TPSA) is 67.6 Å². The largest absolute Gasteiger partial charge is 0.363 e. The van der Waals surface area contributed by atoms with E-state index in [0.29, 0.717) is 0 Å². The predicted molar refractivity (Wildman–Crippen MR) is 46.7 cm³/mol. The molecule has 0 saturated carbocycles. The fourth-order valence-electron chi connectivity index (χ4n) is 1.00. The zero-order valence-corrected chi connectivity index (χ0v) is 7.08. The second-order valence-electron chi connectivity index (χ2n) is 2.43. The number of rotatable bonds is 2. The first kappa shape index (κ1) is 7.45. The van der Waals surface area contributed by atoms with Crippen molar-refractivity contribution in [2.24, 2.45) is 5.73 Å². The van der Waals surface area contributed by atoms with E-state index >= 15 is 0 Å². The summed E-state index contributed by atoms with van der Waals surface area (Å²) >= 11 is 1.31. The van der Waals surface area contributed by atoms with Crippen molar-refractivity contribution in [1.29, 1.82) is 0 Å². The van der Waals surface area contributed by atoms with E-state index in [1.165, 1.54) is 11.5 Å². The number of H-pyrrole nitrogens is 1. The van der Waals surface area contributed by atoms with E-state index in [4.69, 9.17) is 5.73 Å². The van der Waals surface area contributed by atoms with Crippen LogP contribution in [0.3, 0.4) is 0 Å². The highest BCUT2D eigenvalue weighted by Gasteiger charge is 2.11. The molecule has 2 rings (SSSR count). The summed E-state index contributed by atoms with van der Waals surface area (Å²) in [5.41, 5.74) is 7.65. The maximum atomic E-state index is 5.88. The Bertz CT molecular complexity index is 292. The Labute approximate surface area is 73.6 Å². The molecule has 0 aliphatic heterocycles. The first-order chi connectivity index (χ1) is 5.88. The Morgan fingerprint density at radius 2 is 2.50 bits per heavy atom. The molecule has 0 fully saturated rings. The summed E-state index contributed by atoms with van der Waals surface area (Å²) < 4.78 is 3.75. The van der Waals surface area contributed by atoms with Gasteiger partial charge in [0.15, 0.2) is 0 Å². The van der Waals surface area contributed by atoms with Gasteiger partial charge >= 0.3 is 0 Å². The quantitative estimate of drug-likeness (QED) is 0.722. The average Bonchev–Trinajstić information content (AvgIpc) is 2.77. The second kappa shape index (κ2) is 3.04. The molecule has 2 aromatic heterocycles. The number of aromatic nitrogens is 3. The van der Waals surface area contributed by atoms with Crippen LogP contribution in [0, 0.1) is 0 Å². The van der Waals surface area contributed by atoms with Crippen LogP contribution in [0.2, 0.25) is 0 Å². The van der Waals surface area contributed by atoms with Gasteiger partial charge in [-0.05, 0) is 23.7 Å². The number of nitrogens with two attached hydrogens (primary N) is 1. The van der Waals surface area contributed by atoms with Crippen LogP contribution in [-0.4, -0.2) is 14.6 Å². The molecule has 0 amide bonds. The first-order valence-corrected chi connectivity index (χ1v) is 4.37. The van der Waals surface area contributed by atoms with Crippen LogP contribution in [-0.2, 0) is 0 Å². The number of hydrogen-bond acceptors (Lipinski definition) is 4. The summed E-state index contributed by atoms with van der Waals surface area (Å²) in [4.78, 5) is 3.04. The van der Waals surface area contributed by atoms with Gasteiger partial charge in [0.2, 0.25) is 0 Å². The third kappa shape index (κ3) is 1.24. The summed E-state index contributed by atoms with van der Waals surface area (Å²) in [6, 6.07) is 3.66. The molecule has 5 heteroatoms. The first-order valence-electron chi connectivity index (χ1n) is 3.54. The molecule has 0 spiro atoms. The summed E-state index contributed by atoms with van der Waals surface area (Å²) in [5.74, 6) is 0. The zero-order chi connectivity index (χ0) is 8.39. The van der Waals surface area contributed by atoms with Gasteiger partial charge in [-0.25, -0.2) is 0 Å². The summed E-state index contributed by atoms with van der Waals surface area (Å²) in [6.45, 7) is 0. The van der Waals surface area contributed by atoms with Gasteiger partial charge in [0.25, 0.3) is 0 Å². The monoisotopic (exact) mass is 180 g/mol. The van der Waals surface area contributed by atoms with Crippen LogP contribution >= 0.6 is 11.5 Å². The normalized spacial score (nSPS) is 13.1. The van der Waals surface area contributed by atoms with E-state index in [0.717, 1.165) is 11.4 Å². The Morgan fingerprint density at radius 1 is 1.58 bits per heavy atom. The molecule has 3 N–H and O–H groups in total. The number of hydrogen-bond donors (Lipinski definition) is 2. The maximum absolute atomic E-state index is 5.88. The Kier molecular flexibility index (Phi) is 1.89. The Hall–Kier alpha value is -1.20. The molecule has 1 unspecified atom stereocenters. The van der Waals surface area contributed by atoms with Crippen molar-refractivity contribution in [2.45, 2.75) is 6.04 Å². The molecular weight excluding hydrogens is 172 g/mol. The highest BCUT2D eigenvalue weighted by Crippen LogP contribution is 2.15. The molecule has 12 heavy (non-hydrogen) atoms. The fourth-order valence-corrected chi connectivity index (χ4v) is 1.49. The molecule has 62 valence electrons. The summed E-state index contributed by atoms with van der Waals surface area (Å²) in [7, 11) is 0. The molecule has 1 atom stereocenters. The minimum Gasteiger partial charge on any atom is -0.363 e. The van der Waals surface area contributed by atoms with Crippen molar-refractivity contribution in [3.63, 3.8) is 0 Å². The predicted octanol–water partition coefficient (Wildman–Crippen LogP) is 0.914. The Balaban J connectivity index is 2.27. The third-order valence-electron chi connectivity index (χ3n) is 1.65. The number of nitrogens with zero attached hydrogens (tertiary/aromatic N) is 2. The van der Waals surface area contributed by atoms with Crippen molar-refractivity contribution < 1.29 is 0 Å². The van der Waals surface area contributed by atoms with Gasteiger partial charge in [-0.1, -0.05) is 4.49 Å². The van der Waals surface area contributed by atoms with Crippen molar-refractivity contribution in [2.75, 3.05) is 0 Å². The molecule has 2 heterocycles. The van der Waals surface area contributed by atoms with E-state index < -0.39 is 0 Å². The average molecular weight is 180 g/mol. The smallest absolute Gasteiger partial charge is 0.0983 e. The van der Waals surface area contributed by atoms with Gasteiger partial charge in [-0.3, -0.25) is 0 Å². The lowest BCUT2D eigenvalue weighted by atomic mass is 10.2. The van der Waals surface area contributed by atoms with Gasteiger partial charge in [-0.15, -0.1) is 5.10 Å². The lowest BCUT2D eigenvalue weighted by Crippen LogP contribution is -2.12. The molecular formula is C7H8N4S. The maximum Gasteiger partial charge on any atom is 0.0983 e. The Morgan fingerprint density at radius 3 is 3.08 bits per heavy atom. The minimum absolute atomic E-state index is 0.182. The SMILES string of the molecule is NC(c1csnn1)c1ccc[nH]1. The lowest BCUT2D eigenvalue weighted by molar-refractivity contribution is 0.794. The van der Waals surface area contributed by atoms with Crippen LogP contribution in [0.4, 0.5) is 0 Å². The second-order valence-corrected chi connectivity index (χ2v) is 3.04. The number of nitrogens with one attached hydrogen (secondary N) is 1.